The number of aliphatic imine (C=N–C) groups is 1. The molecule has 0 fully saturated rings. The van der Waals surface area contributed by atoms with E-state index in [0.717, 1.165) is 0 Å². The molecule has 0 aliphatic rings. The predicted molar refractivity (Wildman–Crippen MR) is 51.1 cm³/mol. The van der Waals surface area contributed by atoms with E-state index in [2.05, 4.69) is 14.5 Å². The molecule has 0 bridgehead atoms. The third kappa shape index (κ3) is 6.40. The van der Waals surface area contributed by atoms with E-state index in [1.165, 1.54) is 0 Å². The van der Waals surface area contributed by atoms with E-state index in [4.69, 9.17) is 11.6 Å². The molecule has 0 aliphatic carbocycles. The normalized spacial score (nSPS) is 13.7. The van der Waals surface area contributed by atoms with Crippen LogP contribution in [0.15, 0.2) is 4.99 Å². The Kier molecular flexibility index (Phi) is 6.32. The average molecular weight is 208 g/mol. The Morgan fingerprint density at radius 2 is 2.15 bits per heavy atom. The molecule has 0 amide bonds. The van der Waals surface area contributed by atoms with Gasteiger partial charge in [0.25, 0.3) is 0 Å². The van der Waals surface area contributed by atoms with Crippen LogP contribution in [0.5, 0.6) is 0 Å². The van der Waals surface area contributed by atoms with Crippen molar-refractivity contribution in [3.63, 3.8) is 0 Å². The lowest BCUT2D eigenvalue weighted by Crippen LogP contribution is -2.12. The molecule has 0 radical (unpaired) electrons. The summed E-state index contributed by atoms with van der Waals surface area (Å²) in [5.74, 6) is 0.223. The van der Waals surface area contributed by atoms with Gasteiger partial charge in [0.2, 0.25) is 0 Å². The minimum Gasteiger partial charge on any atom is -0.434 e. The van der Waals surface area contributed by atoms with Gasteiger partial charge in [0.1, 0.15) is 5.50 Å². The Labute approximate surface area is 82.9 Å². The predicted octanol–water partition coefficient (Wildman–Crippen LogP) is 2.55. The molecule has 0 aromatic carbocycles. The zero-order chi connectivity index (χ0) is 10.3. The lowest BCUT2D eigenvalue weighted by Gasteiger charge is -2.04. The van der Waals surface area contributed by atoms with E-state index in [1.807, 2.05) is 6.92 Å². The van der Waals surface area contributed by atoms with Crippen molar-refractivity contribution < 1.29 is 14.3 Å². The molecule has 4 nitrogen and oxygen atoms in total. The van der Waals surface area contributed by atoms with Gasteiger partial charge in [0.15, 0.2) is 5.90 Å². The van der Waals surface area contributed by atoms with Gasteiger partial charge in [-0.3, -0.25) is 0 Å². The number of carbonyl (C=O) groups excluding carboxylic acids is 1. The van der Waals surface area contributed by atoms with Crippen LogP contribution in [0.3, 0.4) is 0 Å². The molecule has 0 heterocycles. The lowest BCUT2D eigenvalue weighted by atomic mass is 10.5. The third-order valence-corrected chi connectivity index (χ3v) is 1.56. The van der Waals surface area contributed by atoms with Crippen molar-refractivity contribution in [2.24, 2.45) is 4.99 Å². The number of ether oxygens (including phenoxy) is 2. The largest absolute Gasteiger partial charge is 0.514 e. The first kappa shape index (κ1) is 12.2. The Balaban J connectivity index is 3.91. The summed E-state index contributed by atoms with van der Waals surface area (Å²) in [4.78, 5) is 14.6. The molecule has 5 heteroatoms. The first-order valence-electron chi connectivity index (χ1n) is 4.13. The second-order valence-corrected chi connectivity index (χ2v) is 2.78. The summed E-state index contributed by atoms with van der Waals surface area (Å²) in [7, 11) is 0. The summed E-state index contributed by atoms with van der Waals surface area (Å²) in [5, 5.41) is 0. The van der Waals surface area contributed by atoms with Gasteiger partial charge in [0, 0.05) is 6.92 Å². The summed E-state index contributed by atoms with van der Waals surface area (Å²) in [5.41, 5.74) is -0.352. The summed E-state index contributed by atoms with van der Waals surface area (Å²) < 4.78 is 9.21. The van der Waals surface area contributed by atoms with Gasteiger partial charge in [-0.1, -0.05) is 18.5 Å². The Hall–Kier alpha value is -0.770. The number of halogens is 1. The van der Waals surface area contributed by atoms with Crippen LogP contribution < -0.4 is 0 Å². The van der Waals surface area contributed by atoms with E-state index in [9.17, 15) is 4.79 Å². The zero-order valence-corrected chi connectivity index (χ0v) is 8.80. The molecule has 0 rings (SSSR count). The van der Waals surface area contributed by atoms with Crippen molar-refractivity contribution >= 4 is 23.7 Å². The maximum Gasteiger partial charge on any atom is 0.514 e. The maximum absolute atomic E-state index is 10.8. The van der Waals surface area contributed by atoms with E-state index in [1.54, 1.807) is 13.8 Å². The smallest absolute Gasteiger partial charge is 0.434 e. The molecular formula is C8H14ClNO3. The van der Waals surface area contributed by atoms with Crippen molar-refractivity contribution in [3.05, 3.63) is 0 Å². The molecule has 0 N–H and O–H groups in total. The van der Waals surface area contributed by atoms with Crippen LogP contribution >= 0.6 is 11.6 Å². The van der Waals surface area contributed by atoms with Gasteiger partial charge < -0.3 is 9.47 Å². The summed E-state index contributed by atoms with van der Waals surface area (Å²) in [6, 6.07) is 0. The molecule has 1 atom stereocenters. The third-order valence-electron chi connectivity index (χ3n) is 1.15. The van der Waals surface area contributed by atoms with Gasteiger partial charge >= 0.3 is 6.16 Å². The van der Waals surface area contributed by atoms with Gasteiger partial charge in [-0.2, -0.15) is 0 Å². The summed E-state index contributed by atoms with van der Waals surface area (Å²) >= 11 is 5.70. The summed E-state index contributed by atoms with van der Waals surface area (Å²) in [6.07, 6.45) is -0.0610. The minimum absolute atomic E-state index is 0.223. The molecule has 0 aromatic rings. The fraction of sp³-hybridized carbons (Fsp3) is 0.750. The molecule has 0 aliphatic heterocycles. The molecule has 0 saturated carbocycles. The van der Waals surface area contributed by atoms with Crippen molar-refractivity contribution in [2.45, 2.75) is 32.7 Å². The molecule has 76 valence electrons. The van der Waals surface area contributed by atoms with Crippen molar-refractivity contribution in [3.8, 4) is 0 Å². The molecular weight excluding hydrogens is 194 g/mol. The van der Waals surface area contributed by atoms with Gasteiger partial charge in [0.05, 0.1) is 6.61 Å². The number of rotatable bonds is 3. The van der Waals surface area contributed by atoms with E-state index in [-0.39, 0.29) is 18.0 Å². The molecule has 0 spiro atoms. The number of alkyl halides is 1. The Morgan fingerprint density at radius 3 is 2.62 bits per heavy atom. The fourth-order valence-electron chi connectivity index (χ4n) is 0.583. The highest BCUT2D eigenvalue weighted by Crippen LogP contribution is 2.03. The van der Waals surface area contributed by atoms with Crippen LogP contribution in [0.4, 0.5) is 4.79 Å². The quantitative estimate of drug-likeness (QED) is 0.235. The van der Waals surface area contributed by atoms with Crippen molar-refractivity contribution in [1.82, 2.24) is 0 Å². The van der Waals surface area contributed by atoms with Crippen molar-refractivity contribution in [2.75, 3.05) is 6.61 Å². The second-order valence-electron chi connectivity index (χ2n) is 2.28. The standard InChI is InChI=1S/C8H14ClNO3/c1-4-7(9)10-6(3)13-8(11)12-5-2/h7H,4-5H2,1-3H3/b10-6+. The first-order valence-corrected chi connectivity index (χ1v) is 4.56. The van der Waals surface area contributed by atoms with E-state index in [0.29, 0.717) is 6.42 Å². The SMILES string of the molecule is CCOC(=O)O/C(C)=N/C(Cl)CC. The van der Waals surface area contributed by atoms with Crippen LogP contribution in [0.25, 0.3) is 0 Å². The molecule has 13 heavy (non-hydrogen) atoms. The minimum atomic E-state index is -0.747. The van der Waals surface area contributed by atoms with Crippen LogP contribution in [0.2, 0.25) is 0 Å². The van der Waals surface area contributed by atoms with Crippen LogP contribution in [0, 0.1) is 0 Å². The average Bonchev–Trinajstić information content (AvgIpc) is 2.04. The number of carbonyl (C=O) groups is 1. The fourth-order valence-corrected chi connectivity index (χ4v) is 0.720. The lowest BCUT2D eigenvalue weighted by molar-refractivity contribution is 0.1000. The highest BCUT2D eigenvalue weighted by Gasteiger charge is 2.06. The highest BCUT2D eigenvalue weighted by atomic mass is 35.5. The summed E-state index contributed by atoms with van der Waals surface area (Å²) in [6.45, 7) is 5.43. The van der Waals surface area contributed by atoms with Crippen molar-refractivity contribution in [1.29, 1.82) is 0 Å². The Bertz CT molecular complexity index is 194. The van der Waals surface area contributed by atoms with E-state index < -0.39 is 6.16 Å². The van der Waals surface area contributed by atoms with Crippen LogP contribution in [0.1, 0.15) is 27.2 Å². The molecule has 1 unspecified atom stereocenters. The number of hydrogen-bond acceptors (Lipinski definition) is 4. The molecule has 0 aromatic heterocycles. The van der Waals surface area contributed by atoms with Crippen LogP contribution in [-0.4, -0.2) is 24.2 Å². The first-order chi connectivity index (χ1) is 6.10. The topological polar surface area (TPSA) is 47.9 Å². The highest BCUT2D eigenvalue weighted by molar-refractivity contribution is 6.20. The second kappa shape index (κ2) is 6.71. The Morgan fingerprint density at radius 1 is 1.54 bits per heavy atom. The number of nitrogens with zero attached hydrogens (tertiary/aromatic N) is 1. The maximum atomic E-state index is 10.8. The van der Waals surface area contributed by atoms with Crippen LogP contribution in [-0.2, 0) is 9.47 Å². The monoisotopic (exact) mass is 207 g/mol. The number of hydrogen-bond donors (Lipinski definition) is 0. The molecule has 0 saturated heterocycles. The van der Waals surface area contributed by atoms with E-state index >= 15 is 0 Å². The van der Waals surface area contributed by atoms with Gasteiger partial charge in [-0.25, -0.2) is 9.79 Å². The zero-order valence-electron chi connectivity index (χ0n) is 8.04. The van der Waals surface area contributed by atoms with Gasteiger partial charge in [-0.15, -0.1) is 0 Å². The van der Waals surface area contributed by atoms with Gasteiger partial charge in [-0.05, 0) is 13.3 Å².